The predicted octanol–water partition coefficient (Wildman–Crippen LogP) is 2.19. The summed E-state index contributed by atoms with van der Waals surface area (Å²) in [7, 11) is -5.82. The summed E-state index contributed by atoms with van der Waals surface area (Å²) < 4.78 is 173. The van der Waals surface area contributed by atoms with Crippen LogP contribution in [-0.2, 0) is 10.0 Å². The molecule has 26 heavy (non-hydrogen) atoms. The molecule has 4 nitrogen and oxygen atoms in total. The Hall–Kier alpha value is -0.900. The summed E-state index contributed by atoms with van der Waals surface area (Å²) in [5, 5.41) is 4.31. The highest BCUT2D eigenvalue weighted by Crippen LogP contribution is 2.70. The minimum absolute atomic E-state index is 0.406. The summed E-state index contributed by atoms with van der Waals surface area (Å²) in [4.78, 5) is 0. The monoisotopic (exact) mass is 433 g/mol. The second kappa shape index (κ2) is 5.80. The molecular formula is C10H10F11NO3S. The lowest BCUT2D eigenvalue weighted by atomic mass is 9.71. The first-order chi connectivity index (χ1) is 11.2. The maximum Gasteiger partial charge on any atom is 0.384 e. The molecule has 1 aliphatic carbocycles. The zero-order valence-electron chi connectivity index (χ0n) is 12.3. The first kappa shape index (κ1) is 23.1. The minimum Gasteiger partial charge on any atom is -0.395 e. The largest absolute Gasteiger partial charge is 0.395 e. The average Bonchev–Trinajstić information content (AvgIpc) is 2.49. The lowest BCUT2D eigenvalue weighted by Gasteiger charge is -2.53. The van der Waals surface area contributed by atoms with Gasteiger partial charge in [-0.1, -0.05) is 0 Å². The van der Waals surface area contributed by atoms with Gasteiger partial charge in [0.1, 0.15) is 5.25 Å². The first-order valence-electron chi connectivity index (χ1n) is 6.39. The Kier molecular flexibility index (Phi) is 5.16. The number of aliphatic hydroxyl groups is 1. The van der Waals surface area contributed by atoms with Gasteiger partial charge in [0.2, 0.25) is 10.0 Å². The van der Waals surface area contributed by atoms with Crippen molar-refractivity contribution in [2.24, 2.45) is 0 Å². The molecule has 16 heteroatoms. The molecule has 0 bridgehead atoms. The third-order valence-corrected chi connectivity index (χ3v) is 5.79. The number of aliphatic hydroxyl groups excluding tert-OH is 1. The van der Waals surface area contributed by atoms with Crippen molar-refractivity contribution in [2.45, 2.75) is 47.5 Å². The molecule has 0 heterocycles. The number of hydrogen-bond donors (Lipinski definition) is 2. The third-order valence-electron chi connectivity index (χ3n) is 3.93. The molecule has 0 spiro atoms. The van der Waals surface area contributed by atoms with Gasteiger partial charge in [0, 0.05) is 6.54 Å². The van der Waals surface area contributed by atoms with Crippen molar-refractivity contribution in [2.75, 3.05) is 13.2 Å². The summed E-state index contributed by atoms with van der Waals surface area (Å²) in [5.41, 5.74) is -6.64. The van der Waals surface area contributed by atoms with Crippen LogP contribution in [-0.4, -0.2) is 67.2 Å². The van der Waals surface area contributed by atoms with Crippen molar-refractivity contribution in [3.8, 4) is 0 Å². The highest BCUT2D eigenvalue weighted by atomic mass is 32.2. The second-order valence-corrected chi connectivity index (χ2v) is 7.47. The SMILES string of the molecule is CC(C1(F)C(F)(F)C(F)(F)C(F)(F)C(F)(F)C1(F)F)S(=O)(=O)NCCO. The van der Waals surface area contributed by atoms with Crippen molar-refractivity contribution < 1.29 is 61.8 Å². The van der Waals surface area contributed by atoms with Gasteiger partial charge in [0.15, 0.2) is 0 Å². The lowest BCUT2D eigenvalue weighted by Crippen LogP contribution is -2.86. The van der Waals surface area contributed by atoms with E-state index in [1.807, 2.05) is 0 Å². The highest BCUT2D eigenvalue weighted by Gasteiger charge is 3.02. The maximum atomic E-state index is 14.5. The third kappa shape index (κ3) is 2.30. The molecular weight excluding hydrogens is 423 g/mol. The van der Waals surface area contributed by atoms with Gasteiger partial charge in [-0.2, -0.15) is 43.9 Å². The zero-order valence-corrected chi connectivity index (χ0v) is 13.1. The van der Waals surface area contributed by atoms with Crippen LogP contribution in [0.25, 0.3) is 0 Å². The predicted molar refractivity (Wildman–Crippen MR) is 62.0 cm³/mol. The van der Waals surface area contributed by atoms with Crippen LogP contribution in [0.5, 0.6) is 0 Å². The van der Waals surface area contributed by atoms with Crippen molar-refractivity contribution in [3.05, 3.63) is 0 Å². The van der Waals surface area contributed by atoms with Crippen LogP contribution in [0.2, 0.25) is 0 Å². The standard InChI is InChI=1S/C10H10F11NO3S/c1-4(26(24,25)22-2-3-23)5(11)6(12,13)8(16,17)10(20,21)9(18,19)7(5,14)15/h4,22-23H,2-3H2,1H3. The quantitative estimate of drug-likeness (QED) is 0.654. The fraction of sp³-hybridized carbons (Fsp3) is 1.00. The number of nitrogens with one attached hydrogen (secondary N) is 1. The van der Waals surface area contributed by atoms with Crippen LogP contribution >= 0.6 is 0 Å². The normalized spacial score (nSPS) is 29.1. The molecule has 1 unspecified atom stereocenters. The number of sulfonamides is 1. The Morgan fingerprint density at radius 2 is 1.08 bits per heavy atom. The Morgan fingerprint density at radius 1 is 0.769 bits per heavy atom. The Morgan fingerprint density at radius 3 is 1.38 bits per heavy atom. The van der Waals surface area contributed by atoms with E-state index in [0.29, 0.717) is 0 Å². The average molecular weight is 433 g/mol. The van der Waals surface area contributed by atoms with Gasteiger partial charge in [-0.15, -0.1) is 0 Å². The van der Waals surface area contributed by atoms with Crippen molar-refractivity contribution in [3.63, 3.8) is 0 Å². The van der Waals surface area contributed by atoms with E-state index in [-0.39, 0.29) is 0 Å². The van der Waals surface area contributed by atoms with Crippen LogP contribution in [0.4, 0.5) is 48.3 Å². The number of hydrogen-bond acceptors (Lipinski definition) is 3. The molecule has 2 N–H and O–H groups in total. The molecule has 0 radical (unpaired) electrons. The van der Waals surface area contributed by atoms with Crippen molar-refractivity contribution in [1.29, 1.82) is 0 Å². The summed E-state index contributed by atoms with van der Waals surface area (Å²) in [6, 6.07) is 0. The maximum absolute atomic E-state index is 14.5. The van der Waals surface area contributed by atoms with E-state index in [0.717, 1.165) is 4.72 Å². The number of alkyl halides is 11. The van der Waals surface area contributed by atoms with Gasteiger partial charge < -0.3 is 5.11 Å². The summed E-state index contributed by atoms with van der Waals surface area (Å²) in [6.07, 6.45) is 0. The van der Waals surface area contributed by atoms with E-state index in [2.05, 4.69) is 0 Å². The summed E-state index contributed by atoms with van der Waals surface area (Å²) in [5.74, 6) is -36.6. The van der Waals surface area contributed by atoms with E-state index in [1.54, 1.807) is 0 Å². The smallest absolute Gasteiger partial charge is 0.384 e. The van der Waals surface area contributed by atoms with E-state index in [9.17, 15) is 56.7 Å². The fourth-order valence-corrected chi connectivity index (χ4v) is 3.63. The van der Waals surface area contributed by atoms with Crippen LogP contribution in [0, 0.1) is 0 Å². The number of halogens is 11. The topological polar surface area (TPSA) is 66.4 Å². The second-order valence-electron chi connectivity index (χ2n) is 5.39. The molecule has 1 aliphatic rings. The van der Waals surface area contributed by atoms with Crippen LogP contribution in [0.1, 0.15) is 6.92 Å². The molecule has 156 valence electrons. The van der Waals surface area contributed by atoms with Crippen LogP contribution in [0.15, 0.2) is 0 Å². The van der Waals surface area contributed by atoms with Gasteiger partial charge in [-0.25, -0.2) is 17.5 Å². The first-order valence-corrected chi connectivity index (χ1v) is 7.93. The molecule has 0 aromatic heterocycles. The highest BCUT2D eigenvalue weighted by molar-refractivity contribution is 7.90. The van der Waals surface area contributed by atoms with Crippen molar-refractivity contribution >= 4 is 10.0 Å². The molecule has 0 aromatic rings. The molecule has 1 saturated carbocycles. The summed E-state index contributed by atoms with van der Waals surface area (Å²) in [6.45, 7) is -2.64. The van der Waals surface area contributed by atoms with Gasteiger partial charge >= 0.3 is 29.6 Å². The molecule has 1 fully saturated rings. The minimum atomic E-state index is -7.41. The molecule has 0 saturated heterocycles. The van der Waals surface area contributed by atoms with Gasteiger partial charge in [0.05, 0.1) is 6.61 Å². The van der Waals surface area contributed by atoms with Gasteiger partial charge in [-0.3, -0.25) is 0 Å². The molecule has 0 aromatic carbocycles. The molecule has 1 atom stereocenters. The lowest BCUT2D eigenvalue weighted by molar-refractivity contribution is -0.484. The molecule has 0 aliphatic heterocycles. The van der Waals surface area contributed by atoms with E-state index >= 15 is 0 Å². The van der Waals surface area contributed by atoms with E-state index in [4.69, 9.17) is 5.11 Å². The fourth-order valence-electron chi connectivity index (χ4n) is 2.28. The van der Waals surface area contributed by atoms with Gasteiger partial charge in [0.25, 0.3) is 5.67 Å². The van der Waals surface area contributed by atoms with Crippen LogP contribution in [0.3, 0.4) is 0 Å². The Labute approximate surface area is 138 Å². The van der Waals surface area contributed by atoms with E-state index < -0.39 is 70.6 Å². The van der Waals surface area contributed by atoms with Gasteiger partial charge in [-0.05, 0) is 6.92 Å². The van der Waals surface area contributed by atoms with Crippen molar-refractivity contribution in [1.82, 2.24) is 4.72 Å². The molecule has 1 rings (SSSR count). The van der Waals surface area contributed by atoms with Crippen LogP contribution < -0.4 is 4.72 Å². The van der Waals surface area contributed by atoms with E-state index in [1.165, 1.54) is 0 Å². The Bertz CT molecular complexity index is 633. The number of rotatable bonds is 5. The Balaban J connectivity index is 3.82. The summed E-state index contributed by atoms with van der Waals surface area (Å²) >= 11 is 0. The molecule has 0 amide bonds. The zero-order chi connectivity index (χ0) is 21.2.